The molecule has 0 aromatic heterocycles. The summed E-state index contributed by atoms with van der Waals surface area (Å²) in [6, 6.07) is 5.33. The van der Waals surface area contributed by atoms with Gasteiger partial charge in [-0.05, 0) is 38.0 Å². The van der Waals surface area contributed by atoms with Crippen LogP contribution in [-0.2, 0) is 9.47 Å². The van der Waals surface area contributed by atoms with Crippen LogP contribution in [0.1, 0.15) is 38.1 Å². The maximum absolute atomic E-state index is 11.7. The molecular weight excluding hydrogens is 268 g/mol. The Morgan fingerprint density at radius 3 is 2.52 bits per heavy atom. The number of anilines is 2. The Kier molecular flexibility index (Phi) is 7.02. The van der Waals surface area contributed by atoms with Crippen molar-refractivity contribution in [2.45, 2.75) is 33.7 Å². The maximum atomic E-state index is 11.7. The minimum atomic E-state index is -0.356. The van der Waals surface area contributed by atoms with Gasteiger partial charge in [-0.15, -0.1) is 0 Å². The molecule has 0 spiro atoms. The van der Waals surface area contributed by atoms with Crippen molar-refractivity contribution >= 4 is 17.3 Å². The molecule has 0 bridgehead atoms. The number of hydrogen-bond acceptors (Lipinski definition) is 5. The maximum Gasteiger partial charge on any atom is 0.338 e. The highest BCUT2D eigenvalue weighted by atomic mass is 16.5. The van der Waals surface area contributed by atoms with Crippen LogP contribution in [0.15, 0.2) is 18.2 Å². The molecule has 0 saturated carbocycles. The molecule has 5 nitrogen and oxygen atoms in total. The Hall–Kier alpha value is -1.75. The summed E-state index contributed by atoms with van der Waals surface area (Å²) < 4.78 is 10.4. The number of esters is 1. The fourth-order valence-electron chi connectivity index (χ4n) is 1.88. The highest BCUT2D eigenvalue weighted by Gasteiger charge is 2.15. The van der Waals surface area contributed by atoms with Crippen molar-refractivity contribution < 1.29 is 14.3 Å². The van der Waals surface area contributed by atoms with Gasteiger partial charge >= 0.3 is 5.97 Å². The molecule has 3 N–H and O–H groups in total. The lowest BCUT2D eigenvalue weighted by Crippen LogP contribution is -2.31. The smallest absolute Gasteiger partial charge is 0.338 e. The Morgan fingerprint density at radius 1 is 1.29 bits per heavy atom. The second-order valence-electron chi connectivity index (χ2n) is 5.18. The fraction of sp³-hybridized carbons (Fsp3) is 0.562. The topological polar surface area (TPSA) is 73.6 Å². The van der Waals surface area contributed by atoms with E-state index < -0.39 is 0 Å². The third-order valence-corrected chi connectivity index (χ3v) is 3.21. The molecule has 0 aliphatic heterocycles. The van der Waals surface area contributed by atoms with Crippen molar-refractivity contribution in [1.29, 1.82) is 0 Å². The van der Waals surface area contributed by atoms with Gasteiger partial charge in [-0.25, -0.2) is 4.79 Å². The summed E-state index contributed by atoms with van der Waals surface area (Å²) in [5.41, 5.74) is 7.82. The van der Waals surface area contributed by atoms with Crippen molar-refractivity contribution in [3.05, 3.63) is 23.8 Å². The molecule has 118 valence electrons. The summed E-state index contributed by atoms with van der Waals surface area (Å²) in [5.74, 6) is 0.0474. The lowest BCUT2D eigenvalue weighted by atomic mass is 10.0. The molecule has 1 unspecified atom stereocenters. The van der Waals surface area contributed by atoms with Crippen molar-refractivity contribution in [2.75, 3.05) is 30.9 Å². The van der Waals surface area contributed by atoms with E-state index in [9.17, 15) is 4.79 Å². The monoisotopic (exact) mass is 294 g/mol. The van der Waals surface area contributed by atoms with Gasteiger partial charge in [0.2, 0.25) is 0 Å². The van der Waals surface area contributed by atoms with E-state index in [1.165, 1.54) is 0 Å². The van der Waals surface area contributed by atoms with E-state index in [1.807, 2.05) is 13.0 Å². The molecule has 1 atom stereocenters. The molecule has 1 aromatic carbocycles. The predicted octanol–water partition coefficient (Wildman–Crippen LogP) is 2.92. The van der Waals surface area contributed by atoms with Gasteiger partial charge in [-0.3, -0.25) is 0 Å². The first-order chi connectivity index (χ1) is 9.99. The minimum absolute atomic E-state index is 0.167. The number of hydrogen-bond donors (Lipinski definition) is 2. The second kappa shape index (κ2) is 8.52. The van der Waals surface area contributed by atoms with E-state index >= 15 is 0 Å². The van der Waals surface area contributed by atoms with E-state index in [0.29, 0.717) is 37.0 Å². The predicted molar refractivity (Wildman–Crippen MR) is 85.6 cm³/mol. The number of nitrogens with one attached hydrogen (secondary N) is 1. The molecule has 5 heteroatoms. The van der Waals surface area contributed by atoms with E-state index in [0.717, 1.165) is 5.69 Å². The third-order valence-electron chi connectivity index (χ3n) is 3.21. The van der Waals surface area contributed by atoms with Gasteiger partial charge in [-0.1, -0.05) is 13.8 Å². The highest BCUT2D eigenvalue weighted by Crippen LogP contribution is 2.23. The van der Waals surface area contributed by atoms with Gasteiger partial charge in [0, 0.05) is 6.61 Å². The summed E-state index contributed by atoms with van der Waals surface area (Å²) in [6.45, 7) is 9.65. The van der Waals surface area contributed by atoms with Crippen LogP contribution in [0.4, 0.5) is 11.4 Å². The Bertz CT molecular complexity index is 461. The Labute approximate surface area is 126 Å². The number of carbonyl (C=O) groups excluding carboxylic acids is 1. The van der Waals surface area contributed by atoms with Crippen LogP contribution in [0, 0.1) is 5.92 Å². The van der Waals surface area contributed by atoms with Crippen LogP contribution in [0.3, 0.4) is 0 Å². The average molecular weight is 294 g/mol. The van der Waals surface area contributed by atoms with E-state index in [4.69, 9.17) is 15.2 Å². The standard InChI is InChI=1S/C16H26N2O3/c1-5-20-10-15(11(3)4)18-14-8-7-12(9-13(14)17)16(19)21-6-2/h7-9,11,15,18H,5-6,10,17H2,1-4H3. The van der Waals surface area contributed by atoms with Crippen LogP contribution >= 0.6 is 0 Å². The fourth-order valence-corrected chi connectivity index (χ4v) is 1.88. The van der Waals surface area contributed by atoms with Crippen molar-refractivity contribution in [1.82, 2.24) is 0 Å². The zero-order valence-corrected chi connectivity index (χ0v) is 13.3. The second-order valence-corrected chi connectivity index (χ2v) is 5.18. The summed E-state index contributed by atoms with van der Waals surface area (Å²) in [6.07, 6.45) is 0. The molecule has 0 radical (unpaired) electrons. The molecule has 0 amide bonds. The molecule has 0 fully saturated rings. The molecule has 0 aliphatic rings. The highest BCUT2D eigenvalue weighted by molar-refractivity contribution is 5.91. The quantitative estimate of drug-likeness (QED) is 0.569. The molecule has 0 heterocycles. The van der Waals surface area contributed by atoms with Gasteiger partial charge in [0.1, 0.15) is 0 Å². The van der Waals surface area contributed by atoms with Gasteiger partial charge in [0.05, 0.1) is 36.2 Å². The van der Waals surface area contributed by atoms with Crippen LogP contribution in [0.5, 0.6) is 0 Å². The average Bonchev–Trinajstić information content (AvgIpc) is 2.44. The van der Waals surface area contributed by atoms with E-state index in [-0.39, 0.29) is 12.0 Å². The van der Waals surface area contributed by atoms with Gasteiger partial charge < -0.3 is 20.5 Å². The Morgan fingerprint density at radius 2 is 2.00 bits per heavy atom. The van der Waals surface area contributed by atoms with Crippen molar-refractivity contribution in [2.24, 2.45) is 5.92 Å². The first-order valence-corrected chi connectivity index (χ1v) is 7.40. The first-order valence-electron chi connectivity index (χ1n) is 7.40. The molecule has 0 saturated heterocycles. The van der Waals surface area contributed by atoms with Crippen LogP contribution in [0.25, 0.3) is 0 Å². The normalized spacial score (nSPS) is 12.2. The molecule has 1 aromatic rings. The van der Waals surface area contributed by atoms with E-state index in [2.05, 4.69) is 19.2 Å². The Balaban J connectivity index is 2.81. The number of nitrogens with two attached hydrogens (primary N) is 1. The molecule has 21 heavy (non-hydrogen) atoms. The summed E-state index contributed by atoms with van der Waals surface area (Å²) >= 11 is 0. The molecule has 0 aliphatic carbocycles. The largest absolute Gasteiger partial charge is 0.462 e. The SMILES string of the molecule is CCOCC(Nc1ccc(C(=O)OCC)cc1N)C(C)C. The van der Waals surface area contributed by atoms with Crippen LogP contribution in [-0.4, -0.2) is 31.8 Å². The zero-order chi connectivity index (χ0) is 15.8. The first kappa shape index (κ1) is 17.3. The van der Waals surface area contributed by atoms with Gasteiger partial charge in [0.15, 0.2) is 0 Å². The summed E-state index contributed by atoms with van der Waals surface area (Å²) in [4.78, 5) is 11.7. The molecular formula is C16H26N2O3. The van der Waals surface area contributed by atoms with E-state index in [1.54, 1.807) is 19.1 Å². The summed E-state index contributed by atoms with van der Waals surface area (Å²) in [7, 11) is 0. The van der Waals surface area contributed by atoms with Crippen molar-refractivity contribution in [3.63, 3.8) is 0 Å². The number of rotatable bonds is 8. The number of nitrogen functional groups attached to an aromatic ring is 1. The van der Waals surface area contributed by atoms with Gasteiger partial charge in [0.25, 0.3) is 0 Å². The zero-order valence-electron chi connectivity index (χ0n) is 13.3. The van der Waals surface area contributed by atoms with Gasteiger partial charge in [-0.2, -0.15) is 0 Å². The number of carbonyl (C=O) groups is 1. The lowest BCUT2D eigenvalue weighted by Gasteiger charge is -2.24. The number of ether oxygens (including phenoxy) is 2. The van der Waals surface area contributed by atoms with Crippen molar-refractivity contribution in [3.8, 4) is 0 Å². The van der Waals surface area contributed by atoms with Crippen LogP contribution < -0.4 is 11.1 Å². The molecule has 1 rings (SSSR count). The third kappa shape index (κ3) is 5.27. The minimum Gasteiger partial charge on any atom is -0.462 e. The lowest BCUT2D eigenvalue weighted by molar-refractivity contribution is 0.0526. The number of benzene rings is 1. The summed E-state index contributed by atoms with van der Waals surface area (Å²) in [5, 5.41) is 3.38. The van der Waals surface area contributed by atoms with Crippen LogP contribution in [0.2, 0.25) is 0 Å².